The monoisotopic (exact) mass is 310 g/mol. The Hall–Kier alpha value is -2.23. The highest BCUT2D eigenvalue weighted by atomic mass is 32.2. The van der Waals surface area contributed by atoms with Gasteiger partial charge in [0, 0.05) is 18.7 Å². The van der Waals surface area contributed by atoms with Gasteiger partial charge in [0.15, 0.2) is 0 Å². The van der Waals surface area contributed by atoms with Gasteiger partial charge in [0.2, 0.25) is 0 Å². The second-order valence-corrected chi connectivity index (χ2v) is 5.99. The van der Waals surface area contributed by atoms with Crippen molar-refractivity contribution in [2.75, 3.05) is 19.5 Å². The number of anilines is 1. The van der Waals surface area contributed by atoms with E-state index >= 15 is 0 Å². The fourth-order valence-corrected chi connectivity index (χ4v) is 2.58. The first-order valence-corrected chi connectivity index (χ1v) is 7.33. The molecule has 0 saturated carbocycles. The van der Waals surface area contributed by atoms with Crippen molar-refractivity contribution in [2.45, 2.75) is 4.90 Å². The van der Waals surface area contributed by atoms with Gasteiger partial charge in [0.05, 0.1) is 18.2 Å². The van der Waals surface area contributed by atoms with E-state index in [9.17, 15) is 13.2 Å². The summed E-state index contributed by atoms with van der Waals surface area (Å²) in [6.07, 6.45) is 1.49. The van der Waals surface area contributed by atoms with Crippen LogP contribution in [0.5, 0.6) is 0 Å². The molecule has 0 fully saturated rings. The zero-order valence-electron chi connectivity index (χ0n) is 11.4. The molecule has 2 N–H and O–H groups in total. The Labute approximate surface area is 121 Å². The Kier molecular flexibility index (Phi) is 4.36. The number of hydrogen-bond donors (Lipinski definition) is 2. The summed E-state index contributed by atoms with van der Waals surface area (Å²) in [6, 6.07) is 7.24. The lowest BCUT2D eigenvalue weighted by atomic mass is 10.2. The lowest BCUT2D eigenvalue weighted by Crippen LogP contribution is -2.26. The molecule has 2 rings (SSSR count). The van der Waals surface area contributed by atoms with Crippen molar-refractivity contribution in [2.24, 2.45) is 0 Å². The lowest BCUT2D eigenvalue weighted by molar-refractivity contribution is -0.0258. The van der Waals surface area contributed by atoms with Crippen molar-refractivity contribution < 1.29 is 18.0 Å². The van der Waals surface area contributed by atoms with E-state index in [1.807, 2.05) is 0 Å². The fourth-order valence-electron chi connectivity index (χ4n) is 1.56. The number of rotatable bonds is 5. The molecule has 8 nitrogen and oxygen atoms in total. The van der Waals surface area contributed by atoms with Gasteiger partial charge in [-0.25, -0.2) is 8.42 Å². The van der Waals surface area contributed by atoms with Crippen LogP contribution < -0.4 is 5.32 Å². The summed E-state index contributed by atoms with van der Waals surface area (Å²) in [5, 5.41) is 8.85. The molecule has 1 aromatic heterocycles. The molecular formula is C12H14N4O4S. The minimum atomic E-state index is -3.80. The first-order chi connectivity index (χ1) is 9.95. The molecule has 0 aliphatic carbocycles. The van der Waals surface area contributed by atoms with Gasteiger partial charge in [-0.15, -0.1) is 0 Å². The van der Waals surface area contributed by atoms with Crippen LogP contribution in [0.4, 0.5) is 5.82 Å². The maximum Gasteiger partial charge on any atom is 0.264 e. The molecule has 21 heavy (non-hydrogen) atoms. The van der Waals surface area contributed by atoms with Gasteiger partial charge >= 0.3 is 0 Å². The lowest BCUT2D eigenvalue weighted by Gasteiger charge is -2.14. The predicted molar refractivity (Wildman–Crippen MR) is 74.9 cm³/mol. The van der Waals surface area contributed by atoms with Crippen LogP contribution in [-0.2, 0) is 14.9 Å². The van der Waals surface area contributed by atoms with Crippen molar-refractivity contribution in [1.29, 1.82) is 0 Å². The number of nitrogens with zero attached hydrogens (tertiary/aromatic N) is 2. The standard InChI is InChI=1S/C12H14N4O4S/c1-16(20-2)21(18,19)10-5-3-4-9(8-10)12(17)14-11-6-7-13-15-11/h3-8H,1-2H3,(H2,13,14,15,17). The van der Waals surface area contributed by atoms with E-state index in [2.05, 4.69) is 20.4 Å². The third-order valence-corrected chi connectivity index (χ3v) is 4.41. The average Bonchev–Trinajstić information content (AvgIpc) is 2.99. The average molecular weight is 310 g/mol. The summed E-state index contributed by atoms with van der Waals surface area (Å²) in [7, 11) is -1.28. The maximum atomic E-state index is 12.1. The van der Waals surface area contributed by atoms with Gasteiger partial charge in [0.25, 0.3) is 15.9 Å². The minimum Gasteiger partial charge on any atom is -0.307 e. The quantitative estimate of drug-likeness (QED) is 0.796. The van der Waals surface area contributed by atoms with Crippen LogP contribution in [0.1, 0.15) is 10.4 Å². The summed E-state index contributed by atoms with van der Waals surface area (Å²) in [5.74, 6) is -0.0290. The van der Waals surface area contributed by atoms with E-state index in [4.69, 9.17) is 0 Å². The number of nitrogens with one attached hydrogen (secondary N) is 2. The fraction of sp³-hybridized carbons (Fsp3) is 0.167. The number of aromatic amines is 1. The van der Waals surface area contributed by atoms with Gasteiger partial charge in [-0.2, -0.15) is 5.10 Å². The molecule has 112 valence electrons. The van der Waals surface area contributed by atoms with Crippen molar-refractivity contribution in [1.82, 2.24) is 14.7 Å². The molecule has 1 heterocycles. The van der Waals surface area contributed by atoms with Crippen LogP contribution in [0.3, 0.4) is 0 Å². The summed E-state index contributed by atoms with van der Waals surface area (Å²) in [4.78, 5) is 16.7. The summed E-state index contributed by atoms with van der Waals surface area (Å²) < 4.78 is 24.9. The molecule has 0 aliphatic rings. The Morgan fingerprint density at radius 2 is 2.14 bits per heavy atom. The molecule has 1 aromatic carbocycles. The van der Waals surface area contributed by atoms with Gasteiger partial charge in [-0.1, -0.05) is 10.5 Å². The van der Waals surface area contributed by atoms with Crippen LogP contribution in [-0.4, -0.2) is 43.1 Å². The Bertz CT molecular complexity index is 727. The second-order valence-electron chi connectivity index (χ2n) is 4.05. The maximum absolute atomic E-state index is 12.1. The van der Waals surface area contributed by atoms with Crippen LogP contribution in [0.25, 0.3) is 0 Å². The Morgan fingerprint density at radius 3 is 2.76 bits per heavy atom. The molecule has 2 aromatic rings. The first kappa shape index (κ1) is 15.2. The third kappa shape index (κ3) is 3.27. The molecule has 1 amide bonds. The number of aromatic nitrogens is 2. The number of amides is 1. The highest BCUT2D eigenvalue weighted by molar-refractivity contribution is 7.89. The molecule has 0 saturated heterocycles. The van der Waals surface area contributed by atoms with E-state index in [1.54, 1.807) is 6.07 Å². The first-order valence-electron chi connectivity index (χ1n) is 5.89. The number of benzene rings is 1. The summed E-state index contributed by atoms with van der Waals surface area (Å²) in [6.45, 7) is 0. The van der Waals surface area contributed by atoms with E-state index < -0.39 is 15.9 Å². The van der Waals surface area contributed by atoms with Gasteiger partial charge in [0.1, 0.15) is 5.82 Å². The van der Waals surface area contributed by atoms with E-state index in [0.29, 0.717) is 5.82 Å². The third-order valence-electron chi connectivity index (χ3n) is 2.74. The highest BCUT2D eigenvalue weighted by Gasteiger charge is 2.21. The van der Waals surface area contributed by atoms with Crippen molar-refractivity contribution in [3.05, 3.63) is 42.1 Å². The van der Waals surface area contributed by atoms with Crippen LogP contribution in [0.15, 0.2) is 41.4 Å². The topological polar surface area (TPSA) is 104 Å². The second kappa shape index (κ2) is 6.04. The summed E-state index contributed by atoms with van der Waals surface area (Å²) in [5.41, 5.74) is 0.204. The highest BCUT2D eigenvalue weighted by Crippen LogP contribution is 2.16. The predicted octanol–water partition coefficient (Wildman–Crippen LogP) is 0.844. The number of hydroxylamine groups is 1. The summed E-state index contributed by atoms with van der Waals surface area (Å²) >= 11 is 0. The van der Waals surface area contributed by atoms with Crippen LogP contribution in [0, 0.1) is 0 Å². The van der Waals surface area contributed by atoms with Crippen molar-refractivity contribution in [3.63, 3.8) is 0 Å². The number of H-pyrrole nitrogens is 1. The number of hydrogen-bond acceptors (Lipinski definition) is 5. The Balaban J connectivity index is 2.28. The van der Waals surface area contributed by atoms with Gasteiger partial charge < -0.3 is 5.32 Å². The molecule has 0 atom stereocenters. The smallest absolute Gasteiger partial charge is 0.264 e. The molecule has 0 unspecified atom stereocenters. The van der Waals surface area contributed by atoms with Crippen LogP contribution >= 0.6 is 0 Å². The molecule has 0 radical (unpaired) electrons. The van der Waals surface area contributed by atoms with Crippen LogP contribution in [0.2, 0.25) is 0 Å². The SMILES string of the molecule is CON(C)S(=O)(=O)c1cccc(C(=O)Nc2ccn[nH]2)c1. The number of sulfonamides is 1. The van der Waals surface area contributed by atoms with Gasteiger partial charge in [-0.05, 0) is 18.2 Å². The number of carbonyl (C=O) groups is 1. The molecule has 0 spiro atoms. The van der Waals surface area contributed by atoms with Crippen molar-refractivity contribution in [3.8, 4) is 0 Å². The molecular weight excluding hydrogens is 296 g/mol. The largest absolute Gasteiger partial charge is 0.307 e. The van der Waals surface area contributed by atoms with E-state index in [-0.39, 0.29) is 10.5 Å². The molecule has 0 bridgehead atoms. The number of carbonyl (C=O) groups excluding carboxylic acids is 1. The normalized spacial score (nSPS) is 11.6. The zero-order valence-corrected chi connectivity index (χ0v) is 12.2. The van der Waals surface area contributed by atoms with E-state index in [1.165, 1.54) is 44.6 Å². The Morgan fingerprint density at radius 1 is 1.38 bits per heavy atom. The zero-order chi connectivity index (χ0) is 15.5. The molecule has 9 heteroatoms. The van der Waals surface area contributed by atoms with Crippen molar-refractivity contribution >= 4 is 21.7 Å². The minimum absolute atomic E-state index is 0.0379. The molecule has 0 aliphatic heterocycles. The van der Waals surface area contributed by atoms with E-state index in [0.717, 1.165) is 4.47 Å². The van der Waals surface area contributed by atoms with Gasteiger partial charge in [-0.3, -0.25) is 14.7 Å².